The van der Waals surface area contributed by atoms with Crippen molar-refractivity contribution in [2.24, 2.45) is 0 Å². The van der Waals surface area contributed by atoms with Crippen LogP contribution in [0.15, 0.2) is 76.7 Å². The number of para-hydroxylation sites is 1. The molecule has 0 radical (unpaired) electrons. The van der Waals surface area contributed by atoms with Crippen LogP contribution in [0, 0.1) is 12.7 Å². The standard InChI is InChI=1S/C24H19ClFN3O2S/c1-15-6-8-16(9-7-15)13-29-23(31)18-4-2-3-5-20(18)28-24(29)32-14-22(30)27-21-11-10-17(26)12-19(21)25/h2-12H,13-14H2,1H3,(H,27,30). The minimum absolute atomic E-state index is 0.00633. The van der Waals surface area contributed by atoms with Gasteiger partial charge in [-0.1, -0.05) is 65.3 Å². The molecule has 32 heavy (non-hydrogen) atoms. The van der Waals surface area contributed by atoms with Crippen molar-refractivity contribution >= 4 is 45.9 Å². The van der Waals surface area contributed by atoms with Crippen molar-refractivity contribution in [2.75, 3.05) is 11.1 Å². The molecule has 1 amide bonds. The lowest BCUT2D eigenvalue weighted by molar-refractivity contribution is -0.113. The highest BCUT2D eigenvalue weighted by Gasteiger charge is 2.14. The van der Waals surface area contributed by atoms with Crippen LogP contribution in [0.25, 0.3) is 10.9 Å². The van der Waals surface area contributed by atoms with Gasteiger partial charge in [-0.15, -0.1) is 0 Å². The Balaban J connectivity index is 1.61. The van der Waals surface area contributed by atoms with Gasteiger partial charge in [0.25, 0.3) is 5.56 Å². The van der Waals surface area contributed by atoms with Crippen molar-refractivity contribution in [3.8, 4) is 0 Å². The van der Waals surface area contributed by atoms with Crippen LogP contribution >= 0.6 is 23.4 Å². The normalized spacial score (nSPS) is 11.0. The molecule has 5 nitrogen and oxygen atoms in total. The summed E-state index contributed by atoms with van der Waals surface area (Å²) < 4.78 is 14.8. The van der Waals surface area contributed by atoms with Gasteiger partial charge in [-0.3, -0.25) is 14.2 Å². The molecule has 0 saturated heterocycles. The second-order valence-corrected chi connectivity index (χ2v) is 8.60. The summed E-state index contributed by atoms with van der Waals surface area (Å²) in [5.74, 6) is -0.817. The molecule has 4 rings (SSSR count). The maximum atomic E-state index is 13.2. The number of hydrogen-bond acceptors (Lipinski definition) is 4. The quantitative estimate of drug-likeness (QED) is 0.309. The van der Waals surface area contributed by atoms with Gasteiger partial charge in [0.1, 0.15) is 5.82 Å². The van der Waals surface area contributed by atoms with Crippen molar-refractivity contribution in [3.05, 3.63) is 99.1 Å². The summed E-state index contributed by atoms with van der Waals surface area (Å²) in [6, 6.07) is 18.8. The molecule has 1 aromatic heterocycles. The van der Waals surface area contributed by atoms with E-state index in [1.165, 1.54) is 12.1 Å². The van der Waals surface area contributed by atoms with E-state index in [0.717, 1.165) is 29.0 Å². The van der Waals surface area contributed by atoms with Gasteiger partial charge in [0.05, 0.1) is 33.9 Å². The first-order valence-corrected chi connectivity index (χ1v) is 11.2. The molecule has 0 aliphatic carbocycles. The van der Waals surface area contributed by atoms with Crippen LogP contribution in [-0.2, 0) is 11.3 Å². The molecule has 4 aromatic rings. The van der Waals surface area contributed by atoms with Gasteiger partial charge in [-0.2, -0.15) is 0 Å². The minimum Gasteiger partial charge on any atom is -0.324 e. The Morgan fingerprint density at radius 1 is 1.12 bits per heavy atom. The van der Waals surface area contributed by atoms with Crippen LogP contribution < -0.4 is 10.9 Å². The highest BCUT2D eigenvalue weighted by atomic mass is 35.5. The molecule has 0 fully saturated rings. The fourth-order valence-corrected chi connectivity index (χ4v) is 4.19. The second-order valence-electron chi connectivity index (χ2n) is 7.25. The van der Waals surface area contributed by atoms with E-state index in [2.05, 4.69) is 10.3 Å². The molecule has 0 saturated carbocycles. The van der Waals surface area contributed by atoms with Gasteiger partial charge in [0.2, 0.25) is 5.91 Å². The maximum absolute atomic E-state index is 13.2. The average Bonchev–Trinajstić information content (AvgIpc) is 2.78. The first-order valence-electron chi connectivity index (χ1n) is 9.83. The van der Waals surface area contributed by atoms with E-state index in [1.54, 1.807) is 22.8 Å². The Labute approximate surface area is 193 Å². The molecule has 1 N–H and O–H groups in total. The fraction of sp³-hybridized carbons (Fsp3) is 0.125. The predicted molar refractivity (Wildman–Crippen MR) is 127 cm³/mol. The second kappa shape index (κ2) is 9.54. The number of thioether (sulfide) groups is 1. The lowest BCUT2D eigenvalue weighted by Crippen LogP contribution is -2.25. The number of amides is 1. The molecule has 0 aliphatic rings. The number of hydrogen-bond donors (Lipinski definition) is 1. The average molecular weight is 468 g/mol. The molecule has 1 heterocycles. The summed E-state index contributed by atoms with van der Waals surface area (Å²) in [6.07, 6.45) is 0. The summed E-state index contributed by atoms with van der Waals surface area (Å²) in [5, 5.41) is 3.74. The topological polar surface area (TPSA) is 64.0 Å². The van der Waals surface area contributed by atoms with Crippen molar-refractivity contribution in [2.45, 2.75) is 18.6 Å². The van der Waals surface area contributed by atoms with E-state index in [-0.39, 0.29) is 22.2 Å². The van der Waals surface area contributed by atoms with Crippen molar-refractivity contribution in [1.82, 2.24) is 9.55 Å². The van der Waals surface area contributed by atoms with E-state index in [0.29, 0.717) is 28.3 Å². The van der Waals surface area contributed by atoms with Gasteiger partial charge < -0.3 is 5.32 Å². The molecule has 0 aliphatic heterocycles. The number of rotatable bonds is 6. The zero-order chi connectivity index (χ0) is 22.7. The largest absolute Gasteiger partial charge is 0.324 e. The first kappa shape index (κ1) is 22.0. The molecule has 0 atom stereocenters. The van der Waals surface area contributed by atoms with Crippen LogP contribution in [0.2, 0.25) is 5.02 Å². The zero-order valence-electron chi connectivity index (χ0n) is 17.1. The Morgan fingerprint density at radius 3 is 2.62 bits per heavy atom. The molecule has 162 valence electrons. The van der Waals surface area contributed by atoms with E-state index in [1.807, 2.05) is 37.3 Å². The van der Waals surface area contributed by atoms with Crippen LogP contribution in [-0.4, -0.2) is 21.2 Å². The van der Waals surface area contributed by atoms with Crippen LogP contribution in [0.5, 0.6) is 0 Å². The monoisotopic (exact) mass is 467 g/mol. The first-order chi connectivity index (χ1) is 15.4. The van der Waals surface area contributed by atoms with Crippen LogP contribution in [0.3, 0.4) is 0 Å². The lowest BCUT2D eigenvalue weighted by atomic mass is 10.1. The Hall–Kier alpha value is -3.16. The van der Waals surface area contributed by atoms with Crippen molar-refractivity contribution in [1.29, 1.82) is 0 Å². The minimum atomic E-state index is -0.483. The van der Waals surface area contributed by atoms with E-state index in [4.69, 9.17) is 11.6 Å². The molecule has 0 unspecified atom stereocenters. The van der Waals surface area contributed by atoms with Crippen molar-refractivity contribution < 1.29 is 9.18 Å². The summed E-state index contributed by atoms with van der Waals surface area (Å²) in [6.45, 7) is 2.34. The number of nitrogens with zero attached hydrogens (tertiary/aromatic N) is 2. The number of carbonyl (C=O) groups excluding carboxylic acids is 1. The number of benzene rings is 3. The highest BCUT2D eigenvalue weighted by Crippen LogP contribution is 2.24. The fourth-order valence-electron chi connectivity index (χ4n) is 3.18. The number of carbonyl (C=O) groups is 1. The lowest BCUT2D eigenvalue weighted by Gasteiger charge is -2.14. The van der Waals surface area contributed by atoms with Gasteiger partial charge in [0, 0.05) is 0 Å². The molecular weight excluding hydrogens is 449 g/mol. The third-order valence-electron chi connectivity index (χ3n) is 4.83. The summed E-state index contributed by atoms with van der Waals surface area (Å²) in [4.78, 5) is 30.3. The van der Waals surface area contributed by atoms with Gasteiger partial charge >= 0.3 is 0 Å². The Bertz CT molecular complexity index is 1360. The van der Waals surface area contributed by atoms with Crippen molar-refractivity contribution in [3.63, 3.8) is 0 Å². The zero-order valence-corrected chi connectivity index (χ0v) is 18.7. The molecule has 8 heteroatoms. The number of halogens is 2. The predicted octanol–water partition coefficient (Wildman–Crippen LogP) is 5.28. The summed E-state index contributed by atoms with van der Waals surface area (Å²) in [7, 11) is 0. The van der Waals surface area contributed by atoms with E-state index in [9.17, 15) is 14.0 Å². The molecule has 0 bridgehead atoms. The summed E-state index contributed by atoms with van der Waals surface area (Å²) in [5.41, 5.74) is 2.81. The number of aromatic nitrogens is 2. The summed E-state index contributed by atoms with van der Waals surface area (Å²) >= 11 is 7.14. The van der Waals surface area contributed by atoms with Gasteiger partial charge in [-0.05, 0) is 42.8 Å². The number of nitrogens with one attached hydrogen (secondary N) is 1. The molecular formula is C24H19ClFN3O2S. The van der Waals surface area contributed by atoms with Crippen LogP contribution in [0.4, 0.5) is 10.1 Å². The van der Waals surface area contributed by atoms with Gasteiger partial charge in [-0.25, -0.2) is 9.37 Å². The van der Waals surface area contributed by atoms with Gasteiger partial charge in [0.15, 0.2) is 5.16 Å². The Kier molecular flexibility index (Phi) is 6.58. The SMILES string of the molecule is Cc1ccc(Cn2c(SCC(=O)Nc3ccc(F)cc3Cl)nc3ccccc3c2=O)cc1. The number of fused-ring (bicyclic) bond motifs is 1. The highest BCUT2D eigenvalue weighted by molar-refractivity contribution is 7.99. The number of aryl methyl sites for hydroxylation is 1. The molecule has 3 aromatic carbocycles. The number of anilines is 1. The molecule has 0 spiro atoms. The third-order valence-corrected chi connectivity index (χ3v) is 6.11. The Morgan fingerprint density at radius 2 is 1.88 bits per heavy atom. The van der Waals surface area contributed by atoms with E-state index < -0.39 is 5.82 Å². The van der Waals surface area contributed by atoms with Crippen LogP contribution in [0.1, 0.15) is 11.1 Å². The maximum Gasteiger partial charge on any atom is 0.262 e. The third kappa shape index (κ3) is 5.00. The van der Waals surface area contributed by atoms with E-state index >= 15 is 0 Å². The smallest absolute Gasteiger partial charge is 0.262 e.